The third-order valence-electron chi connectivity index (χ3n) is 6.17. The van der Waals surface area contributed by atoms with Crippen LogP contribution >= 0.6 is 9.24 Å². The summed E-state index contributed by atoms with van der Waals surface area (Å²) in [5.41, 5.74) is 2.16. The topological polar surface area (TPSA) is 66.3 Å². The molecule has 0 radical (unpaired) electrons. The molecule has 0 bridgehead atoms. The molecule has 5 rings (SSSR count). The fraction of sp³-hybridized carbons (Fsp3) is 0.348. The van der Waals surface area contributed by atoms with E-state index in [4.69, 9.17) is 0 Å². The molecule has 3 atom stereocenters. The van der Waals surface area contributed by atoms with Crippen molar-refractivity contribution >= 4 is 26.8 Å². The first-order chi connectivity index (χ1) is 15.8. The Morgan fingerprint density at radius 3 is 2.79 bits per heavy atom. The lowest BCUT2D eigenvalue weighted by atomic mass is 10.0. The molecule has 2 amide bonds. The standard InChI is InChI=1S/C23H25F2N6OP/c1-15-12-30(13-16-6-10-27-31(15)16)22(32)28-20-18(17-4-2-3-5-19(17)24)7-9-26-21(20)29-11-8-23(25,33)14-29/h2-7,9-10,15H,8,11-14,33H2,1H3,(H,28,32). The number of nitrogens with zero attached hydrogens (tertiary/aromatic N) is 5. The van der Waals surface area contributed by atoms with Crippen LogP contribution in [0.3, 0.4) is 0 Å². The van der Waals surface area contributed by atoms with E-state index in [0.717, 1.165) is 5.69 Å². The Labute approximate surface area is 193 Å². The van der Waals surface area contributed by atoms with Crippen molar-refractivity contribution in [2.24, 2.45) is 0 Å². The van der Waals surface area contributed by atoms with Gasteiger partial charge in [-0.3, -0.25) is 4.68 Å². The van der Waals surface area contributed by atoms with Crippen molar-refractivity contribution in [1.29, 1.82) is 0 Å². The lowest BCUT2D eigenvalue weighted by molar-refractivity contribution is 0.181. The van der Waals surface area contributed by atoms with Crippen LogP contribution in [0.1, 0.15) is 25.1 Å². The number of alkyl halides is 1. The number of carbonyl (C=O) groups excluding carboxylic acids is 1. The third-order valence-corrected chi connectivity index (χ3v) is 6.64. The van der Waals surface area contributed by atoms with Gasteiger partial charge in [0.1, 0.15) is 11.2 Å². The number of rotatable bonds is 3. The van der Waals surface area contributed by atoms with Crippen LogP contribution in [-0.2, 0) is 6.54 Å². The van der Waals surface area contributed by atoms with Crippen LogP contribution in [0.5, 0.6) is 0 Å². The Balaban J connectivity index is 1.52. The predicted octanol–water partition coefficient (Wildman–Crippen LogP) is 4.44. The highest BCUT2D eigenvalue weighted by molar-refractivity contribution is 7.18. The molecule has 0 saturated carbocycles. The van der Waals surface area contributed by atoms with Gasteiger partial charge in [-0.1, -0.05) is 27.4 Å². The van der Waals surface area contributed by atoms with Gasteiger partial charge < -0.3 is 15.1 Å². The van der Waals surface area contributed by atoms with Crippen LogP contribution in [0.25, 0.3) is 11.1 Å². The lowest BCUT2D eigenvalue weighted by Crippen LogP contribution is -2.42. The molecule has 4 heterocycles. The van der Waals surface area contributed by atoms with Gasteiger partial charge >= 0.3 is 6.03 Å². The SMILES string of the molecule is CC1CN(C(=O)Nc2c(-c3ccccc3F)ccnc2N2CCC(F)(P)C2)Cc2ccnn21. The van der Waals surface area contributed by atoms with Gasteiger partial charge in [-0.05, 0) is 25.1 Å². The first-order valence-corrected chi connectivity index (χ1v) is 11.4. The molecule has 172 valence electrons. The van der Waals surface area contributed by atoms with Crippen LogP contribution in [0, 0.1) is 5.82 Å². The van der Waals surface area contributed by atoms with Gasteiger partial charge in [0.2, 0.25) is 0 Å². The molecule has 3 unspecified atom stereocenters. The maximum atomic E-state index is 14.7. The van der Waals surface area contributed by atoms with E-state index >= 15 is 0 Å². The average molecular weight is 470 g/mol. The number of hydrogen-bond acceptors (Lipinski definition) is 4. The minimum atomic E-state index is -1.43. The molecule has 10 heteroatoms. The molecule has 0 aliphatic carbocycles. The average Bonchev–Trinajstić information content (AvgIpc) is 3.40. The Bertz CT molecular complexity index is 1200. The van der Waals surface area contributed by atoms with E-state index in [0.29, 0.717) is 48.7 Å². The number of urea groups is 1. The van der Waals surface area contributed by atoms with Crippen molar-refractivity contribution < 1.29 is 13.6 Å². The summed E-state index contributed by atoms with van der Waals surface area (Å²) in [6, 6.07) is 9.65. The molecular formula is C23H25F2N6OP. The van der Waals surface area contributed by atoms with E-state index in [2.05, 4.69) is 24.6 Å². The summed E-state index contributed by atoms with van der Waals surface area (Å²) >= 11 is 0. The number of anilines is 2. The zero-order valence-electron chi connectivity index (χ0n) is 18.2. The minimum Gasteiger partial charge on any atom is -0.351 e. The highest BCUT2D eigenvalue weighted by Crippen LogP contribution is 2.41. The number of carbonyl (C=O) groups is 1. The van der Waals surface area contributed by atoms with Crippen molar-refractivity contribution in [3.05, 3.63) is 60.3 Å². The Morgan fingerprint density at radius 1 is 1.21 bits per heavy atom. The summed E-state index contributed by atoms with van der Waals surface area (Å²) in [5, 5.41) is 5.87. The summed E-state index contributed by atoms with van der Waals surface area (Å²) in [5.74, 6) is 0.0223. The predicted molar refractivity (Wildman–Crippen MR) is 126 cm³/mol. The molecule has 1 aromatic carbocycles. The smallest absolute Gasteiger partial charge is 0.322 e. The number of fused-ring (bicyclic) bond motifs is 1. The second-order valence-corrected chi connectivity index (χ2v) is 9.70. The van der Waals surface area contributed by atoms with Crippen LogP contribution in [0.15, 0.2) is 48.8 Å². The lowest BCUT2D eigenvalue weighted by Gasteiger charge is -2.33. The second kappa shape index (κ2) is 8.37. The van der Waals surface area contributed by atoms with E-state index in [-0.39, 0.29) is 18.6 Å². The van der Waals surface area contributed by atoms with E-state index in [1.54, 1.807) is 46.5 Å². The highest BCUT2D eigenvalue weighted by Gasteiger charge is 2.36. The monoisotopic (exact) mass is 470 g/mol. The Morgan fingerprint density at radius 2 is 2.03 bits per heavy atom. The van der Waals surface area contributed by atoms with Gasteiger partial charge in [-0.2, -0.15) is 5.10 Å². The number of pyridine rings is 1. The number of hydrogen-bond donors (Lipinski definition) is 1. The maximum Gasteiger partial charge on any atom is 0.322 e. The van der Waals surface area contributed by atoms with E-state index in [9.17, 15) is 13.6 Å². The molecule has 3 aromatic rings. The van der Waals surface area contributed by atoms with Gasteiger partial charge in [0.05, 0.1) is 30.5 Å². The quantitative estimate of drug-likeness (QED) is 0.575. The van der Waals surface area contributed by atoms with Gasteiger partial charge in [0.15, 0.2) is 5.82 Å². The molecule has 0 spiro atoms. The zero-order chi connectivity index (χ0) is 23.2. The number of nitrogens with one attached hydrogen (secondary N) is 1. The number of amides is 2. The van der Waals surface area contributed by atoms with Crippen molar-refractivity contribution in [2.75, 3.05) is 29.9 Å². The van der Waals surface area contributed by atoms with E-state index < -0.39 is 11.2 Å². The van der Waals surface area contributed by atoms with Crippen LogP contribution in [0.4, 0.5) is 25.1 Å². The minimum absolute atomic E-state index is 0.0248. The first kappa shape index (κ1) is 21.8. The number of benzene rings is 1. The molecule has 1 saturated heterocycles. The number of halogens is 2. The van der Waals surface area contributed by atoms with Gasteiger partial charge in [-0.25, -0.2) is 18.6 Å². The highest BCUT2D eigenvalue weighted by atomic mass is 31.0. The summed E-state index contributed by atoms with van der Waals surface area (Å²) in [4.78, 5) is 21.3. The third kappa shape index (κ3) is 4.17. The van der Waals surface area contributed by atoms with Gasteiger partial charge in [0.25, 0.3) is 0 Å². The summed E-state index contributed by atoms with van der Waals surface area (Å²) < 4.78 is 31.2. The maximum absolute atomic E-state index is 14.7. The normalized spacial score (nSPS) is 22.4. The molecule has 2 aliphatic rings. The zero-order valence-corrected chi connectivity index (χ0v) is 19.4. The molecule has 33 heavy (non-hydrogen) atoms. The largest absolute Gasteiger partial charge is 0.351 e. The fourth-order valence-corrected chi connectivity index (χ4v) is 4.91. The Kier molecular flexibility index (Phi) is 5.52. The van der Waals surface area contributed by atoms with Gasteiger partial charge in [-0.15, -0.1) is 0 Å². The van der Waals surface area contributed by atoms with E-state index in [1.165, 1.54) is 6.07 Å². The summed E-state index contributed by atoms with van der Waals surface area (Å²) in [6.07, 6.45) is 3.61. The molecule has 1 N–H and O–H groups in total. The van der Waals surface area contributed by atoms with Crippen molar-refractivity contribution in [2.45, 2.75) is 31.3 Å². The molecule has 2 aromatic heterocycles. The number of aromatic nitrogens is 3. The van der Waals surface area contributed by atoms with Crippen LogP contribution < -0.4 is 10.2 Å². The molecule has 7 nitrogen and oxygen atoms in total. The summed E-state index contributed by atoms with van der Waals surface area (Å²) in [7, 11) is 2.25. The van der Waals surface area contributed by atoms with Crippen molar-refractivity contribution in [3.8, 4) is 11.1 Å². The molecule has 2 aliphatic heterocycles. The second-order valence-electron chi connectivity index (χ2n) is 8.67. The molecular weight excluding hydrogens is 445 g/mol. The Hall–Kier alpha value is -3.06. The summed E-state index contributed by atoms with van der Waals surface area (Å²) in [6.45, 7) is 3.45. The van der Waals surface area contributed by atoms with Crippen molar-refractivity contribution in [3.63, 3.8) is 0 Å². The fourth-order valence-electron chi connectivity index (χ4n) is 4.56. The van der Waals surface area contributed by atoms with Crippen LogP contribution in [-0.4, -0.2) is 50.7 Å². The van der Waals surface area contributed by atoms with Crippen molar-refractivity contribution in [1.82, 2.24) is 19.7 Å². The molecule has 1 fully saturated rings. The first-order valence-electron chi connectivity index (χ1n) is 10.9. The van der Waals surface area contributed by atoms with Gasteiger partial charge in [0, 0.05) is 43.0 Å². The van der Waals surface area contributed by atoms with E-state index in [1.807, 2.05) is 17.7 Å². The van der Waals surface area contributed by atoms with Crippen LogP contribution in [0.2, 0.25) is 0 Å².